The number of methoxy groups -OCH3 is 1. The maximum atomic E-state index is 6.03. The van der Waals surface area contributed by atoms with E-state index in [1.165, 1.54) is 5.56 Å². The number of benzene rings is 3. The molecule has 0 saturated carbocycles. The summed E-state index contributed by atoms with van der Waals surface area (Å²) in [5.41, 5.74) is 4.30. The molecule has 0 N–H and O–H groups in total. The molecule has 0 fully saturated rings. The molecule has 0 aliphatic heterocycles. The molecule has 7 nitrogen and oxygen atoms in total. The van der Waals surface area contributed by atoms with Gasteiger partial charge in [-0.15, -0.1) is 20.4 Å². The Balaban J connectivity index is 1.41. The van der Waals surface area contributed by atoms with Gasteiger partial charge in [-0.25, -0.2) is 0 Å². The van der Waals surface area contributed by atoms with Gasteiger partial charge in [0.05, 0.1) is 12.4 Å². The number of aryl methyl sites for hydroxylation is 2. The van der Waals surface area contributed by atoms with Crippen molar-refractivity contribution in [2.75, 3.05) is 7.11 Å². The Morgan fingerprint density at radius 2 is 1.69 bits per heavy atom. The number of aromatic nitrogens is 5. The quantitative estimate of drug-likeness (QED) is 0.218. The van der Waals surface area contributed by atoms with Gasteiger partial charge in [-0.3, -0.25) is 0 Å². The van der Waals surface area contributed by atoms with Gasteiger partial charge in [0.2, 0.25) is 11.8 Å². The molecule has 0 unspecified atom stereocenters. The normalized spacial score (nSPS) is 12.0. The standard InChI is InChI=1S/C28H27N5O2S/c1-19-8-7-11-23(18-19)27-31-30-26(35-27)20(2)36-28-32-29-25(22-12-14-24(34-3)15-13-22)33(28)17-16-21-9-5-4-6-10-21/h4-15,18,20H,16-17H2,1-3H3/t20-/m0/s1. The molecule has 5 aromatic rings. The largest absolute Gasteiger partial charge is 0.497 e. The van der Waals surface area contributed by atoms with Crippen LogP contribution in [0, 0.1) is 6.92 Å². The summed E-state index contributed by atoms with van der Waals surface area (Å²) >= 11 is 1.56. The average Bonchev–Trinajstić information content (AvgIpc) is 3.56. The monoisotopic (exact) mass is 497 g/mol. The second-order valence-electron chi connectivity index (χ2n) is 8.50. The van der Waals surface area contributed by atoms with Gasteiger partial charge in [0.1, 0.15) is 5.75 Å². The second-order valence-corrected chi connectivity index (χ2v) is 9.80. The van der Waals surface area contributed by atoms with Gasteiger partial charge in [0.25, 0.3) is 0 Å². The maximum absolute atomic E-state index is 6.03. The first-order valence-electron chi connectivity index (χ1n) is 11.8. The Bertz CT molecular complexity index is 1430. The van der Waals surface area contributed by atoms with E-state index in [0.717, 1.165) is 46.4 Å². The summed E-state index contributed by atoms with van der Waals surface area (Å²) in [4.78, 5) is 0. The van der Waals surface area contributed by atoms with Gasteiger partial charge in [0.15, 0.2) is 11.0 Å². The number of hydrogen-bond acceptors (Lipinski definition) is 7. The van der Waals surface area contributed by atoms with E-state index in [2.05, 4.69) is 49.2 Å². The van der Waals surface area contributed by atoms with Crippen LogP contribution in [0.1, 0.15) is 29.2 Å². The summed E-state index contributed by atoms with van der Waals surface area (Å²) in [6, 6.07) is 26.4. The van der Waals surface area contributed by atoms with E-state index in [0.29, 0.717) is 11.8 Å². The Labute approximate surface area is 214 Å². The van der Waals surface area contributed by atoms with Gasteiger partial charge in [0, 0.05) is 17.7 Å². The second kappa shape index (κ2) is 10.8. The Morgan fingerprint density at radius 1 is 0.889 bits per heavy atom. The summed E-state index contributed by atoms with van der Waals surface area (Å²) in [6.45, 7) is 4.83. The average molecular weight is 498 g/mol. The van der Waals surface area contributed by atoms with Crippen LogP contribution in [0.3, 0.4) is 0 Å². The zero-order chi connectivity index (χ0) is 24.9. The van der Waals surface area contributed by atoms with Gasteiger partial charge in [-0.2, -0.15) is 0 Å². The smallest absolute Gasteiger partial charge is 0.247 e. The molecular weight excluding hydrogens is 470 g/mol. The summed E-state index contributed by atoms with van der Waals surface area (Å²) in [5.74, 6) is 2.69. The molecule has 0 amide bonds. The van der Waals surface area contributed by atoms with Gasteiger partial charge >= 0.3 is 0 Å². The number of thioether (sulfide) groups is 1. The van der Waals surface area contributed by atoms with Crippen molar-refractivity contribution in [1.29, 1.82) is 0 Å². The maximum Gasteiger partial charge on any atom is 0.247 e. The highest BCUT2D eigenvalue weighted by Gasteiger charge is 2.22. The molecule has 5 rings (SSSR count). The zero-order valence-corrected chi connectivity index (χ0v) is 21.3. The van der Waals surface area contributed by atoms with Crippen molar-refractivity contribution < 1.29 is 9.15 Å². The highest BCUT2D eigenvalue weighted by molar-refractivity contribution is 7.99. The topological polar surface area (TPSA) is 78.9 Å². The summed E-state index contributed by atoms with van der Waals surface area (Å²) in [6.07, 6.45) is 0.863. The van der Waals surface area contributed by atoms with Crippen LogP contribution in [0.2, 0.25) is 0 Å². The third-order valence-electron chi connectivity index (χ3n) is 5.87. The Kier molecular flexibility index (Phi) is 7.13. The molecule has 2 heterocycles. The third-order valence-corrected chi connectivity index (χ3v) is 6.94. The summed E-state index contributed by atoms with van der Waals surface area (Å²) in [7, 11) is 1.66. The van der Waals surface area contributed by atoms with Crippen molar-refractivity contribution in [2.24, 2.45) is 0 Å². The lowest BCUT2D eigenvalue weighted by atomic mass is 10.1. The first-order valence-corrected chi connectivity index (χ1v) is 12.7. The lowest BCUT2D eigenvalue weighted by molar-refractivity contribution is 0.415. The first-order chi connectivity index (χ1) is 17.6. The molecule has 182 valence electrons. The number of rotatable bonds is 9. The lowest BCUT2D eigenvalue weighted by Gasteiger charge is -2.12. The van der Waals surface area contributed by atoms with Gasteiger partial charge in [-0.1, -0.05) is 59.8 Å². The van der Waals surface area contributed by atoms with Crippen molar-refractivity contribution in [1.82, 2.24) is 25.0 Å². The molecular formula is C28H27N5O2S. The molecule has 0 bridgehead atoms. The van der Waals surface area contributed by atoms with Crippen molar-refractivity contribution >= 4 is 11.8 Å². The Hall–Kier alpha value is -3.91. The molecule has 0 spiro atoms. The minimum absolute atomic E-state index is 0.0977. The lowest BCUT2D eigenvalue weighted by Crippen LogP contribution is -2.06. The zero-order valence-electron chi connectivity index (χ0n) is 20.5. The number of hydrogen-bond donors (Lipinski definition) is 0. The van der Waals surface area contributed by atoms with Crippen molar-refractivity contribution in [3.05, 3.63) is 95.9 Å². The molecule has 1 atom stereocenters. The summed E-state index contributed by atoms with van der Waals surface area (Å²) < 4.78 is 13.5. The predicted octanol–water partition coefficient (Wildman–Crippen LogP) is 6.41. The SMILES string of the molecule is COc1ccc(-c2nnc(S[C@@H](C)c3nnc(-c4cccc(C)c4)o3)n2CCc2ccccc2)cc1. The van der Waals surface area contributed by atoms with Crippen LogP contribution < -0.4 is 4.74 Å². The third kappa shape index (κ3) is 5.33. The molecule has 3 aromatic carbocycles. The predicted molar refractivity (Wildman–Crippen MR) is 141 cm³/mol. The molecule has 0 aliphatic carbocycles. The van der Waals surface area contributed by atoms with Crippen molar-refractivity contribution in [2.45, 2.75) is 37.2 Å². The highest BCUT2D eigenvalue weighted by Crippen LogP contribution is 2.36. The highest BCUT2D eigenvalue weighted by atomic mass is 32.2. The number of ether oxygens (including phenoxy) is 1. The molecule has 8 heteroatoms. The van der Waals surface area contributed by atoms with Crippen LogP contribution >= 0.6 is 11.8 Å². The molecule has 2 aromatic heterocycles. The van der Waals surface area contributed by atoms with E-state index in [1.54, 1.807) is 18.9 Å². The van der Waals surface area contributed by atoms with E-state index in [-0.39, 0.29) is 5.25 Å². The fourth-order valence-electron chi connectivity index (χ4n) is 3.92. The van der Waals surface area contributed by atoms with E-state index in [9.17, 15) is 0 Å². The fourth-order valence-corrected chi connectivity index (χ4v) is 4.82. The van der Waals surface area contributed by atoms with E-state index in [1.807, 2.05) is 68.4 Å². The molecule has 36 heavy (non-hydrogen) atoms. The number of nitrogens with zero attached hydrogens (tertiary/aromatic N) is 5. The van der Waals surface area contributed by atoms with Crippen LogP contribution in [0.25, 0.3) is 22.8 Å². The molecule has 0 saturated heterocycles. The van der Waals surface area contributed by atoms with Crippen molar-refractivity contribution in [3.8, 4) is 28.6 Å². The minimum atomic E-state index is -0.0977. The van der Waals surface area contributed by atoms with Crippen molar-refractivity contribution in [3.63, 3.8) is 0 Å². The van der Waals surface area contributed by atoms with Crippen LogP contribution in [0.5, 0.6) is 5.75 Å². The van der Waals surface area contributed by atoms with Gasteiger partial charge < -0.3 is 13.7 Å². The Morgan fingerprint density at radius 3 is 2.44 bits per heavy atom. The van der Waals surface area contributed by atoms with Crippen LogP contribution in [0.4, 0.5) is 0 Å². The van der Waals surface area contributed by atoms with E-state index < -0.39 is 0 Å². The van der Waals surface area contributed by atoms with Crippen LogP contribution in [-0.4, -0.2) is 32.1 Å². The fraction of sp³-hybridized carbons (Fsp3) is 0.214. The van der Waals surface area contributed by atoms with Gasteiger partial charge in [-0.05, 0) is 62.2 Å². The van der Waals surface area contributed by atoms with E-state index >= 15 is 0 Å². The summed E-state index contributed by atoms with van der Waals surface area (Å²) in [5, 5.41) is 18.4. The minimum Gasteiger partial charge on any atom is -0.497 e. The van der Waals surface area contributed by atoms with Crippen LogP contribution in [-0.2, 0) is 13.0 Å². The first kappa shape index (κ1) is 23.8. The van der Waals surface area contributed by atoms with E-state index in [4.69, 9.17) is 9.15 Å². The van der Waals surface area contributed by atoms with Crippen LogP contribution in [0.15, 0.2) is 88.4 Å². The molecule has 0 aliphatic rings. The molecule has 0 radical (unpaired) electrons.